The van der Waals surface area contributed by atoms with Gasteiger partial charge < -0.3 is 4.74 Å². The van der Waals surface area contributed by atoms with Crippen molar-refractivity contribution in [2.75, 3.05) is 7.11 Å². The molecule has 0 aliphatic rings. The van der Waals surface area contributed by atoms with E-state index in [2.05, 4.69) is 5.10 Å². The van der Waals surface area contributed by atoms with Crippen LogP contribution in [-0.4, -0.2) is 16.9 Å². The molecule has 1 aromatic heterocycles. The third-order valence-corrected chi connectivity index (χ3v) is 2.69. The van der Waals surface area contributed by atoms with Crippen LogP contribution < -0.4 is 10.3 Å². The normalized spacial score (nSPS) is 10.8. The number of aromatic amines is 1. The van der Waals surface area contributed by atoms with E-state index >= 15 is 0 Å². The average Bonchev–Trinajstić information content (AvgIpc) is 2.72. The van der Waals surface area contributed by atoms with Crippen molar-refractivity contribution in [3.05, 3.63) is 46.4 Å². The fraction of sp³-hybridized carbons (Fsp3) is 0.308. The number of nitrogens with one attached hydrogen (secondary N) is 1. The predicted octanol–water partition coefficient (Wildman–Crippen LogP) is 2.30. The van der Waals surface area contributed by atoms with E-state index in [4.69, 9.17) is 4.74 Å². The molecule has 2 rings (SSSR count). The summed E-state index contributed by atoms with van der Waals surface area (Å²) >= 11 is 0. The highest BCUT2D eigenvalue weighted by Gasteiger charge is 2.07. The first-order chi connectivity index (χ1) is 8.11. The maximum absolute atomic E-state index is 11.8. The van der Waals surface area contributed by atoms with Gasteiger partial charge in [-0.15, -0.1) is 0 Å². The highest BCUT2D eigenvalue weighted by atomic mass is 16.5. The molecule has 0 saturated heterocycles. The molecule has 0 saturated carbocycles. The average molecular weight is 232 g/mol. The number of benzene rings is 1. The molecule has 0 bridgehead atoms. The first-order valence-corrected chi connectivity index (χ1v) is 5.58. The third-order valence-electron chi connectivity index (χ3n) is 2.69. The molecule has 1 aromatic carbocycles. The van der Waals surface area contributed by atoms with Crippen LogP contribution in [0.4, 0.5) is 0 Å². The summed E-state index contributed by atoms with van der Waals surface area (Å²) in [5.74, 6) is 1.08. The number of ether oxygens (including phenoxy) is 1. The van der Waals surface area contributed by atoms with Gasteiger partial charge in [-0.2, -0.15) is 0 Å². The Hall–Kier alpha value is -1.97. The number of rotatable bonds is 3. The Morgan fingerprint density at radius 1 is 1.24 bits per heavy atom. The number of nitrogens with zero attached hydrogens (tertiary/aromatic N) is 1. The second-order valence-corrected chi connectivity index (χ2v) is 4.24. The highest BCUT2D eigenvalue weighted by molar-refractivity contribution is 5.37. The van der Waals surface area contributed by atoms with Crippen LogP contribution in [0.3, 0.4) is 0 Å². The molecule has 0 atom stereocenters. The van der Waals surface area contributed by atoms with Gasteiger partial charge in [-0.1, -0.05) is 13.8 Å². The molecule has 0 radical (unpaired) electrons. The summed E-state index contributed by atoms with van der Waals surface area (Å²) in [7, 11) is 1.62. The number of methoxy groups -OCH3 is 1. The second kappa shape index (κ2) is 4.49. The van der Waals surface area contributed by atoms with Gasteiger partial charge in [-0.3, -0.25) is 9.89 Å². The van der Waals surface area contributed by atoms with Crippen LogP contribution in [0.5, 0.6) is 5.75 Å². The lowest BCUT2D eigenvalue weighted by Gasteiger charge is -2.04. The lowest BCUT2D eigenvalue weighted by molar-refractivity contribution is 0.414. The van der Waals surface area contributed by atoms with Crippen LogP contribution in [0.25, 0.3) is 5.69 Å². The molecular formula is C13H16N2O2. The molecule has 0 spiro atoms. The topological polar surface area (TPSA) is 47.0 Å². The number of hydrogen-bond donors (Lipinski definition) is 1. The van der Waals surface area contributed by atoms with E-state index in [0.29, 0.717) is 5.92 Å². The number of aromatic nitrogens is 2. The fourth-order valence-electron chi connectivity index (χ4n) is 1.63. The van der Waals surface area contributed by atoms with Crippen LogP contribution in [0, 0.1) is 0 Å². The molecule has 1 heterocycles. The summed E-state index contributed by atoms with van der Waals surface area (Å²) in [5, 5.41) is 3.10. The van der Waals surface area contributed by atoms with Crippen molar-refractivity contribution in [1.82, 2.24) is 9.78 Å². The van der Waals surface area contributed by atoms with Crippen LogP contribution in [0.2, 0.25) is 0 Å². The molecule has 2 aromatic rings. The first kappa shape index (κ1) is 11.5. The van der Waals surface area contributed by atoms with E-state index in [-0.39, 0.29) is 5.56 Å². The van der Waals surface area contributed by atoms with E-state index < -0.39 is 0 Å². The van der Waals surface area contributed by atoms with Crippen molar-refractivity contribution < 1.29 is 4.74 Å². The Balaban J connectivity index is 2.42. The van der Waals surface area contributed by atoms with Gasteiger partial charge in [-0.05, 0) is 30.2 Å². The second-order valence-electron chi connectivity index (χ2n) is 4.24. The van der Waals surface area contributed by atoms with Crippen molar-refractivity contribution in [3.8, 4) is 11.4 Å². The molecule has 0 fully saturated rings. The van der Waals surface area contributed by atoms with Crippen molar-refractivity contribution >= 4 is 0 Å². The van der Waals surface area contributed by atoms with E-state index in [9.17, 15) is 4.79 Å². The first-order valence-electron chi connectivity index (χ1n) is 5.58. The Morgan fingerprint density at radius 2 is 1.88 bits per heavy atom. The third kappa shape index (κ3) is 2.25. The van der Waals surface area contributed by atoms with Crippen LogP contribution in [0.15, 0.2) is 35.1 Å². The van der Waals surface area contributed by atoms with Crippen LogP contribution in [-0.2, 0) is 0 Å². The summed E-state index contributed by atoms with van der Waals surface area (Å²) < 4.78 is 6.62. The van der Waals surface area contributed by atoms with Crippen molar-refractivity contribution in [2.24, 2.45) is 0 Å². The fourth-order valence-corrected chi connectivity index (χ4v) is 1.63. The molecule has 4 nitrogen and oxygen atoms in total. The zero-order chi connectivity index (χ0) is 12.4. The summed E-state index contributed by atoms with van der Waals surface area (Å²) in [6.07, 6.45) is 0. The van der Waals surface area contributed by atoms with E-state index in [1.165, 1.54) is 4.68 Å². The Morgan fingerprint density at radius 3 is 2.35 bits per heavy atom. The maximum atomic E-state index is 11.8. The molecule has 4 heteroatoms. The molecule has 0 aliphatic heterocycles. The maximum Gasteiger partial charge on any atom is 0.271 e. The van der Waals surface area contributed by atoms with Crippen LogP contribution in [0.1, 0.15) is 25.5 Å². The van der Waals surface area contributed by atoms with Crippen molar-refractivity contribution in [3.63, 3.8) is 0 Å². The Bertz CT molecular complexity index is 550. The molecular weight excluding hydrogens is 216 g/mol. The van der Waals surface area contributed by atoms with Gasteiger partial charge in [0.25, 0.3) is 5.56 Å². The van der Waals surface area contributed by atoms with Gasteiger partial charge in [0.05, 0.1) is 12.8 Å². The molecule has 1 N–H and O–H groups in total. The number of hydrogen-bond acceptors (Lipinski definition) is 2. The van der Waals surface area contributed by atoms with E-state index in [1.54, 1.807) is 13.2 Å². The zero-order valence-electron chi connectivity index (χ0n) is 10.2. The minimum atomic E-state index is -0.0427. The van der Waals surface area contributed by atoms with Gasteiger partial charge in [0.1, 0.15) is 5.75 Å². The van der Waals surface area contributed by atoms with Crippen LogP contribution >= 0.6 is 0 Å². The smallest absolute Gasteiger partial charge is 0.271 e. The summed E-state index contributed by atoms with van der Waals surface area (Å²) in [4.78, 5) is 11.8. The lowest BCUT2D eigenvalue weighted by atomic mass is 10.1. The molecule has 0 unspecified atom stereocenters. The largest absolute Gasteiger partial charge is 0.497 e. The minimum Gasteiger partial charge on any atom is -0.497 e. The highest BCUT2D eigenvalue weighted by Crippen LogP contribution is 2.14. The molecule has 0 aliphatic carbocycles. The van der Waals surface area contributed by atoms with Crippen molar-refractivity contribution in [1.29, 1.82) is 0 Å². The van der Waals surface area contributed by atoms with Gasteiger partial charge >= 0.3 is 0 Å². The summed E-state index contributed by atoms with van der Waals surface area (Å²) in [6, 6.07) is 8.99. The summed E-state index contributed by atoms with van der Waals surface area (Å²) in [5.41, 5.74) is 1.70. The van der Waals surface area contributed by atoms with Gasteiger partial charge in [-0.25, -0.2) is 4.68 Å². The quantitative estimate of drug-likeness (QED) is 0.882. The lowest BCUT2D eigenvalue weighted by Crippen LogP contribution is -2.13. The Kier molecular flexibility index (Phi) is 3.04. The van der Waals surface area contributed by atoms with Gasteiger partial charge in [0, 0.05) is 11.8 Å². The van der Waals surface area contributed by atoms with E-state index in [1.807, 2.05) is 38.1 Å². The van der Waals surface area contributed by atoms with E-state index in [0.717, 1.165) is 17.1 Å². The number of H-pyrrole nitrogens is 1. The SMILES string of the molecule is COc1ccc(-n2[nH]c(C(C)C)cc2=O)cc1. The monoisotopic (exact) mass is 232 g/mol. The molecule has 17 heavy (non-hydrogen) atoms. The van der Waals surface area contributed by atoms with Gasteiger partial charge in [0.2, 0.25) is 0 Å². The predicted molar refractivity (Wildman–Crippen MR) is 67.0 cm³/mol. The summed E-state index contributed by atoms with van der Waals surface area (Å²) in [6.45, 7) is 4.09. The molecule has 90 valence electrons. The molecule has 0 amide bonds. The van der Waals surface area contributed by atoms with Gasteiger partial charge in [0.15, 0.2) is 0 Å². The standard InChI is InChI=1S/C13H16N2O2/c1-9(2)12-8-13(16)15(14-12)10-4-6-11(17-3)7-5-10/h4-9,14H,1-3H3. The minimum absolute atomic E-state index is 0.0427. The Labute approximate surface area is 99.8 Å². The zero-order valence-corrected chi connectivity index (χ0v) is 10.2. The van der Waals surface area contributed by atoms with Crippen molar-refractivity contribution in [2.45, 2.75) is 19.8 Å².